The van der Waals surface area contributed by atoms with E-state index in [2.05, 4.69) is 26.3 Å². The summed E-state index contributed by atoms with van der Waals surface area (Å²) >= 11 is 0. The molecule has 0 radical (unpaired) electrons. The first kappa shape index (κ1) is 21.4. The van der Waals surface area contributed by atoms with E-state index < -0.39 is 17.6 Å². The Kier molecular flexibility index (Phi) is 5.58. The molecule has 4 heterocycles. The van der Waals surface area contributed by atoms with Crippen LogP contribution in [0, 0.1) is 12.3 Å². The van der Waals surface area contributed by atoms with Gasteiger partial charge in [0.2, 0.25) is 0 Å². The van der Waals surface area contributed by atoms with Gasteiger partial charge in [-0.25, -0.2) is 14.5 Å². The first-order valence-corrected chi connectivity index (χ1v) is 9.56. The summed E-state index contributed by atoms with van der Waals surface area (Å²) in [5, 5.41) is 6.78. The van der Waals surface area contributed by atoms with E-state index in [1.165, 1.54) is 10.7 Å². The second-order valence-corrected chi connectivity index (χ2v) is 6.96. The number of nitrogens with zero attached hydrogens (tertiary/aromatic N) is 5. The van der Waals surface area contributed by atoms with Gasteiger partial charge in [0.1, 0.15) is 11.3 Å². The Bertz CT molecular complexity index is 1210. The number of nitrogens with two attached hydrogens (primary N) is 1. The summed E-state index contributed by atoms with van der Waals surface area (Å²) in [6.45, 7) is 1.84. The number of amides is 1. The van der Waals surface area contributed by atoms with Crippen molar-refractivity contribution in [2.45, 2.75) is 6.18 Å². The number of aromatic nitrogens is 4. The molecule has 1 aliphatic heterocycles. The molecular weight excluding hydrogens is 427 g/mol. The van der Waals surface area contributed by atoms with E-state index in [9.17, 15) is 18.0 Å². The lowest BCUT2D eigenvalue weighted by Gasteiger charge is -2.28. The average Bonchev–Trinajstić information content (AvgIpc) is 3.21. The van der Waals surface area contributed by atoms with Crippen molar-refractivity contribution < 1.29 is 22.7 Å². The fraction of sp³-hybridized carbons (Fsp3) is 0.300. The van der Waals surface area contributed by atoms with Gasteiger partial charge in [0, 0.05) is 25.5 Å². The first-order valence-electron chi connectivity index (χ1n) is 9.56. The van der Waals surface area contributed by atoms with E-state index in [0.29, 0.717) is 37.6 Å². The van der Waals surface area contributed by atoms with E-state index in [1.54, 1.807) is 6.07 Å². The number of hydrogen-bond acceptors (Lipinski definition) is 7. The van der Waals surface area contributed by atoms with E-state index in [0.717, 1.165) is 12.3 Å². The van der Waals surface area contributed by atoms with Crippen LogP contribution in [0.5, 0.6) is 0 Å². The fourth-order valence-corrected chi connectivity index (χ4v) is 3.35. The lowest BCUT2D eigenvalue weighted by molar-refractivity contribution is -0.137. The average molecular weight is 445 g/mol. The van der Waals surface area contributed by atoms with Gasteiger partial charge in [-0.1, -0.05) is 5.92 Å². The van der Waals surface area contributed by atoms with Crippen molar-refractivity contribution in [2.75, 3.05) is 43.5 Å². The highest BCUT2D eigenvalue weighted by Crippen LogP contribution is 2.37. The molecule has 0 aliphatic carbocycles. The Morgan fingerprint density at radius 1 is 1.31 bits per heavy atom. The minimum absolute atomic E-state index is 0.0321. The van der Waals surface area contributed by atoms with Crippen molar-refractivity contribution in [1.82, 2.24) is 24.9 Å². The second kappa shape index (κ2) is 8.35. The molecule has 0 bridgehead atoms. The number of terminal acetylenes is 1. The normalized spacial score (nSPS) is 14.4. The highest BCUT2D eigenvalue weighted by atomic mass is 19.4. The number of morpholine rings is 1. The van der Waals surface area contributed by atoms with Crippen LogP contribution in [0.3, 0.4) is 0 Å². The lowest BCUT2D eigenvalue weighted by atomic mass is 10.1. The molecule has 32 heavy (non-hydrogen) atoms. The van der Waals surface area contributed by atoms with Gasteiger partial charge in [-0.05, 0) is 12.1 Å². The summed E-state index contributed by atoms with van der Waals surface area (Å²) in [5.74, 6) is 1.77. The van der Waals surface area contributed by atoms with Crippen molar-refractivity contribution in [2.24, 2.45) is 0 Å². The summed E-state index contributed by atoms with van der Waals surface area (Å²) in [4.78, 5) is 22.4. The Balaban J connectivity index is 1.90. The van der Waals surface area contributed by atoms with Crippen LogP contribution in [0.25, 0.3) is 16.9 Å². The van der Waals surface area contributed by atoms with Crippen LogP contribution in [-0.4, -0.2) is 58.3 Å². The highest BCUT2D eigenvalue weighted by Gasteiger charge is 2.35. The Morgan fingerprint density at radius 3 is 2.75 bits per heavy atom. The number of halogens is 3. The number of ether oxygens (including phenoxy) is 1. The zero-order valence-corrected chi connectivity index (χ0v) is 16.7. The third-order valence-electron chi connectivity index (χ3n) is 4.84. The zero-order chi connectivity index (χ0) is 22.9. The van der Waals surface area contributed by atoms with Crippen LogP contribution < -0.4 is 16.0 Å². The molecule has 1 saturated heterocycles. The number of anilines is 2. The molecule has 0 saturated carbocycles. The van der Waals surface area contributed by atoms with Gasteiger partial charge < -0.3 is 20.7 Å². The number of hydrogen-bond donors (Lipinski definition) is 2. The first-order chi connectivity index (χ1) is 15.3. The maximum absolute atomic E-state index is 13.7. The minimum atomic E-state index is -4.69. The van der Waals surface area contributed by atoms with Crippen LogP contribution in [-0.2, 0) is 10.9 Å². The van der Waals surface area contributed by atoms with Gasteiger partial charge in [0.25, 0.3) is 5.91 Å². The molecule has 0 atom stereocenters. The topological polar surface area (TPSA) is 111 Å². The number of carbonyl (C=O) groups is 1. The summed E-state index contributed by atoms with van der Waals surface area (Å²) < 4.78 is 47.7. The maximum atomic E-state index is 13.7. The van der Waals surface area contributed by atoms with Crippen LogP contribution >= 0.6 is 0 Å². The molecule has 3 N–H and O–H groups in total. The van der Waals surface area contributed by atoms with E-state index >= 15 is 0 Å². The highest BCUT2D eigenvalue weighted by molar-refractivity contribution is 5.96. The van der Waals surface area contributed by atoms with Crippen molar-refractivity contribution in [1.29, 1.82) is 0 Å². The third kappa shape index (κ3) is 4.15. The fourth-order valence-electron chi connectivity index (χ4n) is 3.35. The molecule has 0 unspecified atom stereocenters. The molecule has 166 valence electrons. The standard InChI is InChI=1S/C20H18F3N7O2/c1-2-3-25-19(31)12-8-15-18(29-4-6-32-7-5-29)27-17(28-30(15)11-12)13-10-26-16(24)9-14(13)20(21,22)23/h1,8-11H,3-7H2,(H2,24,26)(H,25,31). The predicted molar refractivity (Wildman–Crippen MR) is 110 cm³/mol. The van der Waals surface area contributed by atoms with Crippen LogP contribution in [0.4, 0.5) is 24.8 Å². The molecule has 0 aromatic carbocycles. The number of nitrogens with one attached hydrogen (secondary N) is 1. The Hall–Kier alpha value is -3.85. The van der Waals surface area contributed by atoms with Gasteiger partial charge in [-0.3, -0.25) is 4.79 Å². The van der Waals surface area contributed by atoms with Gasteiger partial charge >= 0.3 is 6.18 Å². The number of carbonyl (C=O) groups excluding carboxylic acids is 1. The van der Waals surface area contributed by atoms with Gasteiger partial charge in [-0.2, -0.15) is 13.2 Å². The molecule has 1 amide bonds. The van der Waals surface area contributed by atoms with Gasteiger partial charge in [0.05, 0.1) is 36.4 Å². The molecular formula is C20H18F3N7O2. The lowest BCUT2D eigenvalue weighted by Crippen LogP contribution is -2.37. The molecule has 9 nitrogen and oxygen atoms in total. The monoisotopic (exact) mass is 445 g/mol. The molecule has 1 fully saturated rings. The van der Waals surface area contributed by atoms with E-state index in [4.69, 9.17) is 16.9 Å². The number of alkyl halides is 3. The Morgan fingerprint density at radius 2 is 2.06 bits per heavy atom. The smallest absolute Gasteiger partial charge is 0.384 e. The van der Waals surface area contributed by atoms with Crippen LogP contribution in [0.2, 0.25) is 0 Å². The third-order valence-corrected chi connectivity index (χ3v) is 4.84. The number of nitrogen functional groups attached to an aromatic ring is 1. The molecule has 3 aromatic rings. The molecule has 3 aromatic heterocycles. The van der Waals surface area contributed by atoms with Crippen LogP contribution in [0.1, 0.15) is 15.9 Å². The van der Waals surface area contributed by atoms with Gasteiger partial charge in [0.15, 0.2) is 11.6 Å². The van der Waals surface area contributed by atoms with E-state index in [-0.39, 0.29) is 29.3 Å². The van der Waals surface area contributed by atoms with Gasteiger partial charge in [-0.15, -0.1) is 11.5 Å². The zero-order valence-electron chi connectivity index (χ0n) is 16.7. The molecule has 0 spiro atoms. The van der Waals surface area contributed by atoms with Crippen molar-refractivity contribution >= 4 is 23.1 Å². The van der Waals surface area contributed by atoms with Crippen molar-refractivity contribution in [3.05, 3.63) is 35.7 Å². The minimum Gasteiger partial charge on any atom is -0.384 e. The number of fused-ring (bicyclic) bond motifs is 1. The quantitative estimate of drug-likeness (QED) is 0.587. The van der Waals surface area contributed by atoms with Crippen molar-refractivity contribution in [3.63, 3.8) is 0 Å². The predicted octanol–water partition coefficient (Wildman–Crippen LogP) is 1.59. The summed E-state index contributed by atoms with van der Waals surface area (Å²) in [5.41, 5.74) is 4.85. The summed E-state index contributed by atoms with van der Waals surface area (Å²) in [6, 6.07) is 2.30. The molecule has 1 aliphatic rings. The molecule has 12 heteroatoms. The number of rotatable bonds is 4. The summed E-state index contributed by atoms with van der Waals surface area (Å²) in [7, 11) is 0. The number of pyridine rings is 1. The Labute approximate surface area is 180 Å². The van der Waals surface area contributed by atoms with E-state index in [1.807, 2.05) is 4.90 Å². The molecule has 4 rings (SSSR count). The summed E-state index contributed by atoms with van der Waals surface area (Å²) in [6.07, 6.45) is 2.89. The van der Waals surface area contributed by atoms with Crippen LogP contribution in [0.15, 0.2) is 24.5 Å². The SMILES string of the molecule is C#CCNC(=O)c1cc2c(N3CCOCC3)nc(-c3cnc(N)cc3C(F)(F)F)nn2c1. The van der Waals surface area contributed by atoms with Crippen molar-refractivity contribution in [3.8, 4) is 23.7 Å². The maximum Gasteiger partial charge on any atom is 0.417 e. The second-order valence-electron chi connectivity index (χ2n) is 6.96. The largest absolute Gasteiger partial charge is 0.417 e.